The fraction of sp³-hybridized carbons (Fsp3) is 0.444. The summed E-state index contributed by atoms with van der Waals surface area (Å²) in [5.41, 5.74) is 0. The Morgan fingerprint density at radius 3 is 3.00 bits per heavy atom. The minimum atomic E-state index is -0.0244. The number of Topliss-reactive ketones (excluding diaryl/α,β-unsaturated/α-hetero) is 1. The van der Waals surface area contributed by atoms with Crippen molar-refractivity contribution in [3.05, 3.63) is 22.4 Å². The molecule has 0 unspecified atom stereocenters. The lowest BCUT2D eigenvalue weighted by atomic mass is 10.1. The Kier molecular flexibility index (Phi) is 3.44. The van der Waals surface area contributed by atoms with Gasteiger partial charge in [0.15, 0.2) is 0 Å². The van der Waals surface area contributed by atoms with Crippen LogP contribution in [-0.2, 0) is 11.2 Å². The van der Waals surface area contributed by atoms with Gasteiger partial charge in [0.1, 0.15) is 5.78 Å². The molecule has 0 radical (unpaired) electrons. The molecule has 0 aromatic carbocycles. The average Bonchev–Trinajstić information content (AvgIpc) is 2.51. The van der Waals surface area contributed by atoms with Gasteiger partial charge in [0.2, 0.25) is 0 Å². The molecule has 0 bridgehead atoms. The number of nitrogens with one attached hydrogen (secondary N) is 1. The largest absolute Gasteiger partial charge is 0.310 e. The Morgan fingerprint density at radius 2 is 2.58 bits per heavy atom. The third-order valence-electron chi connectivity index (χ3n) is 1.82. The highest BCUT2D eigenvalue weighted by molar-refractivity contribution is 7.09. The van der Waals surface area contributed by atoms with Crippen molar-refractivity contribution in [1.29, 1.82) is 0 Å². The lowest BCUT2D eigenvalue weighted by Gasteiger charge is -2.10. The van der Waals surface area contributed by atoms with Crippen molar-refractivity contribution in [3.63, 3.8) is 0 Å². The molecular formula is C9H15NOS. The molecule has 1 atom stereocenters. The Hall–Kier alpha value is -0.670. The van der Waals surface area contributed by atoms with Crippen LogP contribution in [0, 0.1) is 0 Å². The predicted octanol–water partition coefficient (Wildman–Crippen LogP) is 1.71. The molecule has 2 nitrogen and oxygen atoms in total. The normalized spacial score (nSPS) is 12.8. The Morgan fingerprint density at radius 1 is 1.83 bits per heavy atom. The summed E-state index contributed by atoms with van der Waals surface area (Å²) in [6.07, 6.45) is 0.809. The van der Waals surface area contributed by atoms with Gasteiger partial charge < -0.3 is 5.32 Å². The smallest absolute Gasteiger partial charge is 0.147 e. The maximum absolute atomic E-state index is 11.0. The summed E-state index contributed by atoms with van der Waals surface area (Å²) in [6.45, 7) is 1.62. The fourth-order valence-electron chi connectivity index (χ4n) is 1.08. The first-order valence-corrected chi connectivity index (χ1v) is 4.82. The molecular weight excluding hydrogens is 170 g/mol. The molecule has 0 aliphatic heterocycles. The molecule has 0 saturated carbocycles. The quantitative estimate of drug-likeness (QED) is 0.773. The van der Waals surface area contributed by atoms with Crippen molar-refractivity contribution in [3.8, 4) is 0 Å². The number of hydrogen-bond donors (Lipinski definition) is 1. The van der Waals surface area contributed by atoms with Crippen LogP contribution >= 0.6 is 11.3 Å². The van der Waals surface area contributed by atoms with Gasteiger partial charge in [-0.3, -0.25) is 4.79 Å². The first kappa shape index (κ1) is 9.42. The highest BCUT2D eigenvalue weighted by Gasteiger charge is 2.11. The minimum Gasteiger partial charge on any atom is -0.310 e. The molecule has 12 heavy (non-hydrogen) atoms. The van der Waals surface area contributed by atoms with Crippen molar-refractivity contribution < 1.29 is 6.22 Å². The van der Waals surface area contributed by atoms with Gasteiger partial charge in [-0.15, -0.1) is 11.3 Å². The Bertz CT molecular complexity index is 248. The van der Waals surface area contributed by atoms with Gasteiger partial charge >= 0.3 is 0 Å². The topological polar surface area (TPSA) is 29.1 Å². The summed E-state index contributed by atoms with van der Waals surface area (Å²) in [5, 5.41) is 5.03. The van der Waals surface area contributed by atoms with Crippen LogP contribution < -0.4 is 5.32 Å². The number of thiophene rings is 1. The van der Waals surface area contributed by atoms with E-state index in [0.29, 0.717) is 0 Å². The maximum atomic E-state index is 11.0. The molecule has 1 N–H and O–H groups in total. The SMILES string of the molecule is CN[C@@H](Cc1cccs1)C(C)=O.[HH]. The van der Waals surface area contributed by atoms with Crippen molar-refractivity contribution in [2.45, 2.75) is 19.4 Å². The van der Waals surface area contributed by atoms with E-state index >= 15 is 0 Å². The van der Waals surface area contributed by atoms with E-state index in [-0.39, 0.29) is 13.3 Å². The van der Waals surface area contributed by atoms with Gasteiger partial charge in [-0.05, 0) is 25.4 Å². The van der Waals surface area contributed by atoms with E-state index in [1.807, 2.05) is 18.5 Å². The van der Waals surface area contributed by atoms with E-state index in [9.17, 15) is 4.79 Å². The second-order valence-electron chi connectivity index (χ2n) is 2.74. The van der Waals surface area contributed by atoms with Crippen LogP contribution in [0.2, 0.25) is 0 Å². The molecule has 0 spiro atoms. The lowest BCUT2D eigenvalue weighted by Crippen LogP contribution is -2.33. The molecule has 3 heteroatoms. The van der Waals surface area contributed by atoms with E-state index in [2.05, 4.69) is 11.4 Å². The molecule has 0 fully saturated rings. The summed E-state index contributed by atoms with van der Waals surface area (Å²) in [5.74, 6) is 0.200. The number of ketones is 1. The summed E-state index contributed by atoms with van der Waals surface area (Å²) in [6, 6.07) is 4.04. The third-order valence-corrected chi connectivity index (χ3v) is 2.72. The molecule has 0 amide bonds. The molecule has 1 aromatic rings. The third kappa shape index (κ3) is 2.43. The van der Waals surface area contributed by atoms with Crippen LogP contribution in [0.25, 0.3) is 0 Å². The van der Waals surface area contributed by atoms with E-state index in [1.165, 1.54) is 4.88 Å². The zero-order chi connectivity index (χ0) is 8.97. The molecule has 0 aliphatic rings. The molecule has 1 aromatic heterocycles. The molecule has 0 saturated heterocycles. The van der Waals surface area contributed by atoms with E-state index < -0.39 is 0 Å². The molecule has 0 aliphatic carbocycles. The number of hydrogen-bond acceptors (Lipinski definition) is 3. The minimum absolute atomic E-state index is 0. The van der Waals surface area contributed by atoms with Crippen molar-refractivity contribution in [2.75, 3.05) is 7.05 Å². The van der Waals surface area contributed by atoms with Gasteiger partial charge in [0.05, 0.1) is 6.04 Å². The van der Waals surface area contributed by atoms with Crippen molar-refractivity contribution >= 4 is 17.1 Å². The Balaban J connectivity index is 0.00000144. The van der Waals surface area contributed by atoms with Gasteiger partial charge in [-0.2, -0.15) is 0 Å². The molecule has 1 heterocycles. The van der Waals surface area contributed by atoms with Crippen LogP contribution in [0.4, 0.5) is 0 Å². The van der Waals surface area contributed by atoms with Crippen LogP contribution in [0.5, 0.6) is 0 Å². The molecule has 1 rings (SSSR count). The monoisotopic (exact) mass is 185 g/mol. The van der Waals surface area contributed by atoms with E-state index in [1.54, 1.807) is 18.3 Å². The first-order valence-electron chi connectivity index (χ1n) is 3.94. The summed E-state index contributed by atoms with van der Waals surface area (Å²) in [4.78, 5) is 12.3. The Labute approximate surface area is 78.1 Å². The number of carbonyl (C=O) groups is 1. The first-order chi connectivity index (χ1) is 5.74. The predicted molar refractivity (Wildman–Crippen MR) is 53.7 cm³/mol. The second-order valence-corrected chi connectivity index (χ2v) is 3.77. The van der Waals surface area contributed by atoms with Crippen LogP contribution in [0.1, 0.15) is 13.2 Å². The van der Waals surface area contributed by atoms with Crippen molar-refractivity contribution in [2.24, 2.45) is 0 Å². The molecule has 68 valence electrons. The van der Waals surface area contributed by atoms with Gasteiger partial charge in [0, 0.05) is 12.7 Å². The summed E-state index contributed by atoms with van der Waals surface area (Å²) < 4.78 is 0. The highest BCUT2D eigenvalue weighted by atomic mass is 32.1. The fourth-order valence-corrected chi connectivity index (χ4v) is 1.83. The van der Waals surface area contributed by atoms with Gasteiger partial charge in [-0.25, -0.2) is 0 Å². The van der Waals surface area contributed by atoms with Crippen LogP contribution in [-0.4, -0.2) is 18.9 Å². The lowest BCUT2D eigenvalue weighted by molar-refractivity contribution is -0.118. The van der Waals surface area contributed by atoms with Gasteiger partial charge in [-0.1, -0.05) is 6.07 Å². The standard InChI is InChI=1S/C9H13NOS.H2/c1-7(11)9(10-2)6-8-4-3-5-12-8;/h3-5,9-10H,6H2,1-2H3;1H/t9-;/m0./s1. The van der Waals surface area contributed by atoms with E-state index in [0.717, 1.165) is 6.42 Å². The van der Waals surface area contributed by atoms with Crippen LogP contribution in [0.3, 0.4) is 0 Å². The summed E-state index contributed by atoms with van der Waals surface area (Å²) >= 11 is 1.69. The maximum Gasteiger partial charge on any atom is 0.147 e. The number of likely N-dealkylation sites (N-methyl/N-ethyl adjacent to an activating group) is 1. The zero-order valence-electron chi connectivity index (χ0n) is 7.33. The summed E-state index contributed by atoms with van der Waals surface area (Å²) in [7, 11) is 1.82. The highest BCUT2D eigenvalue weighted by Crippen LogP contribution is 2.11. The second kappa shape index (κ2) is 4.38. The zero-order valence-corrected chi connectivity index (χ0v) is 8.15. The van der Waals surface area contributed by atoms with Gasteiger partial charge in [0.25, 0.3) is 0 Å². The number of carbonyl (C=O) groups excluding carboxylic acids is 1. The number of rotatable bonds is 4. The average molecular weight is 185 g/mol. The van der Waals surface area contributed by atoms with Crippen molar-refractivity contribution in [1.82, 2.24) is 5.32 Å². The van der Waals surface area contributed by atoms with Crippen LogP contribution in [0.15, 0.2) is 17.5 Å². The van der Waals surface area contributed by atoms with E-state index in [4.69, 9.17) is 0 Å².